The molecule has 7 nitrogen and oxygen atoms in total. The number of aryl methyl sites for hydroxylation is 1. The third-order valence-electron chi connectivity index (χ3n) is 4.18. The molecule has 1 heterocycles. The average Bonchev–Trinajstić information content (AvgIpc) is 3.12. The van der Waals surface area contributed by atoms with Gasteiger partial charge in [-0.1, -0.05) is 23.8 Å². The molecule has 1 saturated heterocycles. The molecule has 140 valence electrons. The highest BCUT2D eigenvalue weighted by molar-refractivity contribution is 8.01. The first-order chi connectivity index (χ1) is 12.3. The smallest absolute Gasteiger partial charge is 0.244 e. The Labute approximate surface area is 156 Å². The largest absolute Gasteiger partial charge is 0.494 e. The molecule has 1 unspecified atom stereocenters. The summed E-state index contributed by atoms with van der Waals surface area (Å²) in [6, 6.07) is 11.6. The zero-order valence-electron chi connectivity index (χ0n) is 14.4. The first kappa shape index (κ1) is 19.0. The molecular weight excluding hydrogens is 376 g/mol. The Kier molecular flexibility index (Phi) is 5.44. The third-order valence-corrected chi connectivity index (χ3v) is 7.45. The number of sulfonamides is 1. The minimum atomic E-state index is -3.66. The van der Waals surface area contributed by atoms with E-state index in [9.17, 15) is 18.8 Å². The lowest BCUT2D eigenvalue weighted by atomic mass is 10.2. The van der Waals surface area contributed by atoms with Crippen molar-refractivity contribution in [2.24, 2.45) is 0 Å². The Morgan fingerprint density at radius 1 is 1.19 bits per heavy atom. The third kappa shape index (κ3) is 3.53. The lowest BCUT2D eigenvalue weighted by Crippen LogP contribution is -2.30. The Balaban J connectivity index is 1.98. The van der Waals surface area contributed by atoms with Gasteiger partial charge in [-0.15, -0.1) is 17.0 Å². The SMILES string of the molecule is COc1ccc(C2SCCN2S(=O)(=O)c2ccc(C)cc2)cc1N(O)O. The minimum absolute atomic E-state index is 0.0270. The highest BCUT2D eigenvalue weighted by Crippen LogP contribution is 2.43. The fourth-order valence-electron chi connectivity index (χ4n) is 2.83. The van der Waals surface area contributed by atoms with Crippen molar-refractivity contribution in [3.05, 3.63) is 53.6 Å². The molecule has 26 heavy (non-hydrogen) atoms. The number of ether oxygens (including phenoxy) is 1. The maximum absolute atomic E-state index is 13.1. The summed E-state index contributed by atoms with van der Waals surface area (Å²) in [6.07, 6.45) is 0. The van der Waals surface area contributed by atoms with Gasteiger partial charge in [0.1, 0.15) is 11.4 Å². The molecule has 0 aromatic heterocycles. The molecule has 3 rings (SSSR count). The molecule has 0 spiro atoms. The van der Waals surface area contributed by atoms with Gasteiger partial charge in [0.05, 0.1) is 17.4 Å². The zero-order valence-corrected chi connectivity index (χ0v) is 16.0. The van der Waals surface area contributed by atoms with Gasteiger partial charge in [0, 0.05) is 12.3 Å². The molecule has 1 aliphatic heterocycles. The number of hydrogen-bond donors (Lipinski definition) is 2. The first-order valence-corrected chi connectivity index (χ1v) is 10.4. The van der Waals surface area contributed by atoms with Crippen LogP contribution in [-0.4, -0.2) is 42.5 Å². The minimum Gasteiger partial charge on any atom is -0.494 e. The molecule has 0 amide bonds. The number of nitrogens with zero attached hydrogens (tertiary/aromatic N) is 2. The topological polar surface area (TPSA) is 90.3 Å². The quantitative estimate of drug-likeness (QED) is 0.751. The second kappa shape index (κ2) is 7.45. The lowest BCUT2D eigenvalue weighted by molar-refractivity contribution is 0.0278. The van der Waals surface area contributed by atoms with Gasteiger partial charge in [0.2, 0.25) is 10.0 Å². The number of rotatable bonds is 5. The van der Waals surface area contributed by atoms with Crippen LogP contribution in [0.3, 0.4) is 0 Å². The summed E-state index contributed by atoms with van der Waals surface area (Å²) in [6.45, 7) is 2.29. The van der Waals surface area contributed by atoms with E-state index in [4.69, 9.17) is 4.74 Å². The molecule has 0 saturated carbocycles. The van der Waals surface area contributed by atoms with Crippen LogP contribution in [-0.2, 0) is 10.0 Å². The summed E-state index contributed by atoms with van der Waals surface area (Å²) in [5.74, 6) is 0.925. The summed E-state index contributed by atoms with van der Waals surface area (Å²) < 4.78 is 32.6. The molecular formula is C17H20N2O5S2. The van der Waals surface area contributed by atoms with Crippen molar-refractivity contribution < 1.29 is 23.6 Å². The summed E-state index contributed by atoms with van der Waals surface area (Å²) in [5.41, 5.74) is 1.68. The van der Waals surface area contributed by atoms with Crippen LogP contribution < -0.4 is 9.96 Å². The van der Waals surface area contributed by atoms with Gasteiger partial charge in [-0.2, -0.15) is 4.31 Å². The van der Waals surface area contributed by atoms with E-state index in [1.807, 2.05) is 6.92 Å². The predicted octanol–water partition coefficient (Wildman–Crippen LogP) is 3.02. The summed E-state index contributed by atoms with van der Waals surface area (Å²) in [7, 11) is -2.24. The molecule has 0 bridgehead atoms. The number of thioether (sulfide) groups is 1. The van der Waals surface area contributed by atoms with Crippen LogP contribution in [0, 0.1) is 6.92 Å². The van der Waals surface area contributed by atoms with Crippen LogP contribution in [0.25, 0.3) is 0 Å². The maximum Gasteiger partial charge on any atom is 0.244 e. The van der Waals surface area contributed by atoms with Crippen LogP contribution in [0.15, 0.2) is 47.4 Å². The van der Waals surface area contributed by atoms with Crippen molar-refractivity contribution in [3.8, 4) is 5.75 Å². The van der Waals surface area contributed by atoms with E-state index in [2.05, 4.69) is 0 Å². The van der Waals surface area contributed by atoms with E-state index in [-0.39, 0.29) is 21.6 Å². The average molecular weight is 396 g/mol. The summed E-state index contributed by atoms with van der Waals surface area (Å²) in [4.78, 5) is 0.246. The Morgan fingerprint density at radius 2 is 1.88 bits per heavy atom. The van der Waals surface area contributed by atoms with E-state index < -0.39 is 15.4 Å². The van der Waals surface area contributed by atoms with Crippen molar-refractivity contribution in [2.45, 2.75) is 17.2 Å². The van der Waals surface area contributed by atoms with Gasteiger partial charge in [-0.3, -0.25) is 10.4 Å². The fourth-order valence-corrected chi connectivity index (χ4v) is 6.06. The van der Waals surface area contributed by atoms with Crippen LogP contribution in [0.5, 0.6) is 5.75 Å². The first-order valence-electron chi connectivity index (χ1n) is 7.90. The molecule has 2 aromatic carbocycles. The Hall–Kier alpha value is -1.78. The van der Waals surface area contributed by atoms with E-state index in [0.717, 1.165) is 5.56 Å². The molecule has 9 heteroatoms. The number of hydrogen-bond acceptors (Lipinski definition) is 7. The zero-order chi connectivity index (χ0) is 18.9. The summed E-state index contributed by atoms with van der Waals surface area (Å²) >= 11 is 1.49. The lowest BCUT2D eigenvalue weighted by Gasteiger charge is -2.24. The van der Waals surface area contributed by atoms with E-state index >= 15 is 0 Å². The van der Waals surface area contributed by atoms with Gasteiger partial charge in [0.15, 0.2) is 0 Å². The van der Waals surface area contributed by atoms with E-state index in [1.54, 1.807) is 36.4 Å². The Bertz CT molecular complexity index is 885. The molecule has 0 aliphatic carbocycles. The molecule has 2 N–H and O–H groups in total. The van der Waals surface area contributed by atoms with Crippen molar-refractivity contribution in [3.63, 3.8) is 0 Å². The molecule has 1 aliphatic rings. The molecule has 2 aromatic rings. The Morgan fingerprint density at radius 3 is 2.50 bits per heavy atom. The second-order valence-electron chi connectivity index (χ2n) is 5.87. The van der Waals surface area contributed by atoms with E-state index in [1.165, 1.54) is 29.2 Å². The van der Waals surface area contributed by atoms with Crippen molar-refractivity contribution in [1.82, 2.24) is 4.31 Å². The van der Waals surface area contributed by atoms with Crippen LogP contribution in [0.1, 0.15) is 16.5 Å². The van der Waals surface area contributed by atoms with E-state index in [0.29, 0.717) is 17.9 Å². The summed E-state index contributed by atoms with van der Waals surface area (Å²) in [5, 5.41) is 18.3. The van der Waals surface area contributed by atoms with Gasteiger partial charge in [0.25, 0.3) is 0 Å². The number of anilines is 1. The van der Waals surface area contributed by atoms with Crippen LogP contribution in [0.4, 0.5) is 5.69 Å². The van der Waals surface area contributed by atoms with Gasteiger partial charge in [-0.25, -0.2) is 8.42 Å². The van der Waals surface area contributed by atoms with Gasteiger partial charge < -0.3 is 4.74 Å². The number of benzene rings is 2. The van der Waals surface area contributed by atoms with Crippen molar-refractivity contribution in [2.75, 3.05) is 24.6 Å². The number of methoxy groups -OCH3 is 1. The molecule has 1 atom stereocenters. The van der Waals surface area contributed by atoms with Gasteiger partial charge >= 0.3 is 0 Å². The molecule has 0 radical (unpaired) electrons. The highest BCUT2D eigenvalue weighted by Gasteiger charge is 2.37. The maximum atomic E-state index is 13.1. The van der Waals surface area contributed by atoms with Crippen LogP contribution >= 0.6 is 11.8 Å². The normalized spacial score (nSPS) is 18.1. The van der Waals surface area contributed by atoms with Crippen molar-refractivity contribution >= 4 is 27.5 Å². The van der Waals surface area contributed by atoms with Gasteiger partial charge in [-0.05, 0) is 36.8 Å². The second-order valence-corrected chi connectivity index (χ2v) is 8.95. The monoisotopic (exact) mass is 396 g/mol. The van der Waals surface area contributed by atoms with Crippen molar-refractivity contribution in [1.29, 1.82) is 0 Å². The fraction of sp³-hybridized carbons (Fsp3) is 0.294. The molecule has 1 fully saturated rings. The van der Waals surface area contributed by atoms with Crippen LogP contribution in [0.2, 0.25) is 0 Å². The predicted molar refractivity (Wildman–Crippen MR) is 99.3 cm³/mol. The standard InChI is InChI=1S/C17H20N2O5S2/c1-12-3-6-14(7-4-12)26(22,23)18-9-10-25-17(18)13-5-8-16(24-2)15(11-13)19(20)21/h3-8,11,17,20-21H,9-10H2,1-2H3. The highest BCUT2D eigenvalue weighted by atomic mass is 32.2.